The van der Waals surface area contributed by atoms with E-state index in [4.69, 9.17) is 4.74 Å². The number of piperidine rings is 1. The molecule has 0 saturated carbocycles. The minimum atomic E-state index is 0.172. The molecule has 1 amide bonds. The maximum absolute atomic E-state index is 13.1. The van der Waals surface area contributed by atoms with Gasteiger partial charge >= 0.3 is 0 Å². The molecule has 6 heteroatoms. The molecule has 3 fully saturated rings. The molecule has 27 heavy (non-hydrogen) atoms. The van der Waals surface area contributed by atoms with E-state index in [1.54, 1.807) is 0 Å². The van der Waals surface area contributed by atoms with Gasteiger partial charge in [0, 0.05) is 57.7 Å². The lowest BCUT2D eigenvalue weighted by atomic mass is 9.93. The highest BCUT2D eigenvalue weighted by Crippen LogP contribution is 2.25. The number of hydrogen-bond donors (Lipinski definition) is 0. The Morgan fingerprint density at radius 2 is 1.85 bits per heavy atom. The van der Waals surface area contributed by atoms with E-state index in [0.717, 1.165) is 89.7 Å². The Labute approximate surface area is 162 Å². The smallest absolute Gasteiger partial charge is 0.227 e. The maximum Gasteiger partial charge on any atom is 0.227 e. The molecular weight excluding hydrogens is 340 g/mol. The molecule has 0 aliphatic carbocycles. The van der Waals surface area contributed by atoms with Crippen molar-refractivity contribution in [1.29, 1.82) is 0 Å². The summed E-state index contributed by atoms with van der Waals surface area (Å²) in [5.41, 5.74) is 1.04. The molecule has 0 aromatic carbocycles. The minimum absolute atomic E-state index is 0.172. The summed E-state index contributed by atoms with van der Waals surface area (Å²) in [6, 6.07) is 6.76. The van der Waals surface area contributed by atoms with E-state index in [1.165, 1.54) is 0 Å². The lowest BCUT2D eigenvalue weighted by Crippen LogP contribution is -2.54. The number of aromatic nitrogens is 1. The van der Waals surface area contributed by atoms with Crippen LogP contribution in [0.5, 0.6) is 0 Å². The fourth-order valence-electron chi connectivity index (χ4n) is 4.71. The fourth-order valence-corrected chi connectivity index (χ4v) is 4.71. The van der Waals surface area contributed by atoms with Crippen LogP contribution in [0.15, 0.2) is 18.2 Å². The van der Waals surface area contributed by atoms with Crippen LogP contribution < -0.4 is 4.90 Å². The predicted octanol–water partition coefficient (Wildman–Crippen LogP) is 1.93. The number of aryl methyl sites for hydroxylation is 1. The monoisotopic (exact) mass is 372 g/mol. The summed E-state index contributed by atoms with van der Waals surface area (Å²) in [5, 5.41) is 0. The molecule has 4 rings (SSSR count). The number of pyridine rings is 1. The van der Waals surface area contributed by atoms with E-state index in [2.05, 4.69) is 31.8 Å². The molecule has 6 nitrogen and oxygen atoms in total. The number of nitrogens with zero attached hydrogens (tertiary/aromatic N) is 4. The van der Waals surface area contributed by atoms with Crippen LogP contribution >= 0.6 is 0 Å². The van der Waals surface area contributed by atoms with E-state index in [-0.39, 0.29) is 5.92 Å². The third-order valence-electron chi connectivity index (χ3n) is 6.30. The van der Waals surface area contributed by atoms with Gasteiger partial charge in [0.2, 0.25) is 5.91 Å². The van der Waals surface area contributed by atoms with Crippen molar-refractivity contribution in [3.8, 4) is 0 Å². The van der Waals surface area contributed by atoms with Crippen molar-refractivity contribution < 1.29 is 9.53 Å². The number of rotatable bonds is 3. The number of hydrogen-bond acceptors (Lipinski definition) is 5. The van der Waals surface area contributed by atoms with Crippen LogP contribution in [0.2, 0.25) is 0 Å². The van der Waals surface area contributed by atoms with Crippen LogP contribution in [0, 0.1) is 12.8 Å². The van der Waals surface area contributed by atoms with Crippen LogP contribution in [-0.2, 0) is 9.53 Å². The van der Waals surface area contributed by atoms with Gasteiger partial charge in [-0.1, -0.05) is 6.07 Å². The van der Waals surface area contributed by atoms with Gasteiger partial charge in [-0.15, -0.1) is 0 Å². The molecule has 0 radical (unpaired) electrons. The lowest BCUT2D eigenvalue weighted by molar-refractivity contribution is -0.138. The molecule has 3 aliphatic heterocycles. The summed E-state index contributed by atoms with van der Waals surface area (Å²) in [5.74, 6) is 1.57. The predicted molar refractivity (Wildman–Crippen MR) is 106 cm³/mol. The van der Waals surface area contributed by atoms with Crippen LogP contribution in [0.25, 0.3) is 0 Å². The first-order valence-corrected chi connectivity index (χ1v) is 10.5. The van der Waals surface area contributed by atoms with Crippen molar-refractivity contribution in [3.63, 3.8) is 0 Å². The number of likely N-dealkylation sites (tertiary alicyclic amines) is 1. The first-order valence-electron chi connectivity index (χ1n) is 10.5. The average Bonchev–Trinajstić information content (AvgIpc) is 2.74. The molecule has 3 saturated heterocycles. The van der Waals surface area contributed by atoms with Gasteiger partial charge in [0.25, 0.3) is 0 Å². The molecule has 1 aromatic heterocycles. The Kier molecular flexibility index (Phi) is 5.93. The van der Waals surface area contributed by atoms with E-state index < -0.39 is 0 Å². The highest BCUT2D eigenvalue weighted by molar-refractivity contribution is 5.79. The van der Waals surface area contributed by atoms with Crippen LogP contribution in [0.4, 0.5) is 5.82 Å². The largest absolute Gasteiger partial charge is 0.381 e. The molecular formula is C21H32N4O2. The summed E-state index contributed by atoms with van der Waals surface area (Å²) < 4.78 is 5.50. The highest BCUT2D eigenvalue weighted by atomic mass is 16.5. The minimum Gasteiger partial charge on any atom is -0.381 e. The first-order chi connectivity index (χ1) is 13.2. The first kappa shape index (κ1) is 18.7. The normalized spacial score (nSPS) is 25.6. The Morgan fingerprint density at radius 3 is 2.59 bits per heavy atom. The van der Waals surface area contributed by atoms with Gasteiger partial charge in [-0.3, -0.25) is 9.69 Å². The molecule has 0 spiro atoms. The topological polar surface area (TPSA) is 48.9 Å². The van der Waals surface area contributed by atoms with Crippen LogP contribution in [-0.4, -0.2) is 79.2 Å². The Bertz CT molecular complexity index is 639. The van der Waals surface area contributed by atoms with Crippen molar-refractivity contribution in [3.05, 3.63) is 23.9 Å². The zero-order chi connectivity index (χ0) is 18.6. The van der Waals surface area contributed by atoms with Gasteiger partial charge in [0.05, 0.1) is 5.92 Å². The van der Waals surface area contributed by atoms with Crippen molar-refractivity contribution in [2.75, 3.05) is 57.4 Å². The third-order valence-corrected chi connectivity index (χ3v) is 6.30. The molecule has 0 bridgehead atoms. The number of amides is 1. The SMILES string of the molecule is Cc1cccc(N2CCN(C(=O)[C@H]3CCCN(C4CCOCC4)C3)CC2)n1. The second-order valence-electron chi connectivity index (χ2n) is 8.13. The van der Waals surface area contributed by atoms with E-state index in [1.807, 2.05) is 13.0 Å². The highest BCUT2D eigenvalue weighted by Gasteiger charge is 2.33. The lowest BCUT2D eigenvalue weighted by Gasteiger charge is -2.42. The maximum atomic E-state index is 13.1. The molecule has 3 aliphatic rings. The van der Waals surface area contributed by atoms with Gasteiger partial charge in [0.1, 0.15) is 5.82 Å². The second kappa shape index (κ2) is 8.57. The summed E-state index contributed by atoms with van der Waals surface area (Å²) in [6.07, 6.45) is 4.41. The number of carbonyl (C=O) groups excluding carboxylic acids is 1. The number of piperazine rings is 1. The van der Waals surface area contributed by atoms with E-state index in [0.29, 0.717) is 11.9 Å². The second-order valence-corrected chi connectivity index (χ2v) is 8.13. The van der Waals surface area contributed by atoms with Crippen molar-refractivity contribution in [2.24, 2.45) is 5.92 Å². The van der Waals surface area contributed by atoms with Crippen molar-refractivity contribution in [2.45, 2.75) is 38.6 Å². The fraction of sp³-hybridized carbons (Fsp3) is 0.714. The zero-order valence-corrected chi connectivity index (χ0v) is 16.5. The zero-order valence-electron chi connectivity index (χ0n) is 16.5. The van der Waals surface area contributed by atoms with Crippen molar-refractivity contribution in [1.82, 2.24) is 14.8 Å². The number of carbonyl (C=O) groups is 1. The molecule has 0 N–H and O–H groups in total. The molecule has 1 aromatic rings. The third kappa shape index (κ3) is 4.43. The summed E-state index contributed by atoms with van der Waals surface area (Å²) in [4.78, 5) is 24.7. The summed E-state index contributed by atoms with van der Waals surface area (Å²) in [7, 11) is 0. The van der Waals surface area contributed by atoms with Gasteiger partial charge in [0.15, 0.2) is 0 Å². The van der Waals surface area contributed by atoms with Gasteiger partial charge in [-0.2, -0.15) is 0 Å². The van der Waals surface area contributed by atoms with Crippen LogP contribution in [0.3, 0.4) is 0 Å². The number of ether oxygens (including phenoxy) is 1. The summed E-state index contributed by atoms with van der Waals surface area (Å²) in [6.45, 7) is 9.20. The quantitative estimate of drug-likeness (QED) is 0.811. The Balaban J connectivity index is 1.31. The number of anilines is 1. The molecule has 148 valence electrons. The molecule has 4 heterocycles. The molecule has 0 unspecified atom stereocenters. The Hall–Kier alpha value is -1.66. The van der Waals surface area contributed by atoms with Gasteiger partial charge in [-0.25, -0.2) is 4.98 Å². The van der Waals surface area contributed by atoms with Gasteiger partial charge in [-0.05, 0) is 51.3 Å². The standard InChI is InChI=1S/C21H32N4O2/c1-17-4-2-6-20(22-17)23-10-12-24(13-11-23)21(26)18-5-3-9-25(16-18)19-7-14-27-15-8-19/h2,4,6,18-19H,3,5,7-16H2,1H3/t18-/m0/s1. The van der Waals surface area contributed by atoms with Gasteiger partial charge < -0.3 is 14.5 Å². The van der Waals surface area contributed by atoms with Crippen LogP contribution in [0.1, 0.15) is 31.4 Å². The van der Waals surface area contributed by atoms with E-state index in [9.17, 15) is 4.79 Å². The van der Waals surface area contributed by atoms with Crippen molar-refractivity contribution >= 4 is 11.7 Å². The molecule has 1 atom stereocenters. The average molecular weight is 373 g/mol. The van der Waals surface area contributed by atoms with E-state index >= 15 is 0 Å². The Morgan fingerprint density at radius 1 is 1.07 bits per heavy atom. The summed E-state index contributed by atoms with van der Waals surface area (Å²) >= 11 is 0.